The zero-order valence-corrected chi connectivity index (χ0v) is 10.6. The number of nitrogens with zero attached hydrogens (tertiary/aromatic N) is 2. The molecule has 2 heterocycles. The Morgan fingerprint density at radius 1 is 1.43 bits per heavy atom. The minimum absolute atomic E-state index is 0.0202. The highest BCUT2D eigenvalue weighted by atomic mass is 79.9. The standard InChI is InChI=1S/C6H3BrN2O2S3/c7-5-8-6(13-9-5)14(10,11)4-2-1-3-12-4/h1-3H. The minimum Gasteiger partial charge on any atom is -0.215 e. The van der Waals surface area contributed by atoms with E-state index in [9.17, 15) is 8.42 Å². The van der Waals surface area contributed by atoms with E-state index < -0.39 is 9.84 Å². The van der Waals surface area contributed by atoms with Gasteiger partial charge >= 0.3 is 0 Å². The van der Waals surface area contributed by atoms with Crippen molar-refractivity contribution >= 4 is 48.6 Å². The third-order valence-electron chi connectivity index (χ3n) is 1.37. The Bertz CT molecular complexity index is 531. The molecule has 0 fully saturated rings. The fraction of sp³-hybridized carbons (Fsp3) is 0. The average Bonchev–Trinajstić information content (AvgIpc) is 2.72. The van der Waals surface area contributed by atoms with Gasteiger partial charge < -0.3 is 0 Å². The lowest BCUT2D eigenvalue weighted by Crippen LogP contribution is -1.98. The molecule has 4 nitrogen and oxygen atoms in total. The maximum Gasteiger partial charge on any atom is 0.244 e. The molecule has 0 atom stereocenters. The van der Waals surface area contributed by atoms with Crippen LogP contribution in [-0.2, 0) is 9.84 Å². The van der Waals surface area contributed by atoms with Crippen LogP contribution in [0.1, 0.15) is 0 Å². The fourth-order valence-corrected chi connectivity index (χ4v) is 4.68. The van der Waals surface area contributed by atoms with Crippen LogP contribution in [0.15, 0.2) is 30.8 Å². The molecule has 0 unspecified atom stereocenters. The van der Waals surface area contributed by atoms with Gasteiger partial charge in [0.25, 0.3) is 0 Å². The summed E-state index contributed by atoms with van der Waals surface area (Å²) in [6, 6.07) is 3.24. The number of rotatable bonds is 2. The summed E-state index contributed by atoms with van der Waals surface area (Å²) in [6.45, 7) is 0. The zero-order chi connectivity index (χ0) is 10.2. The van der Waals surface area contributed by atoms with Gasteiger partial charge in [0.05, 0.1) is 0 Å². The van der Waals surface area contributed by atoms with Crippen molar-refractivity contribution in [2.45, 2.75) is 8.55 Å². The van der Waals surface area contributed by atoms with Crippen molar-refractivity contribution in [3.05, 3.63) is 22.2 Å². The Balaban J connectivity index is 2.54. The Morgan fingerprint density at radius 3 is 2.71 bits per heavy atom. The molecular weight excluding hydrogens is 308 g/mol. The lowest BCUT2D eigenvalue weighted by atomic mass is 10.7. The SMILES string of the molecule is O=S(=O)(c1cccs1)c1nc(Br)ns1. The first-order valence-electron chi connectivity index (χ1n) is 3.38. The molecule has 0 N–H and O–H groups in total. The normalized spacial score (nSPS) is 11.8. The van der Waals surface area contributed by atoms with E-state index in [4.69, 9.17) is 0 Å². The van der Waals surface area contributed by atoms with E-state index in [1.807, 2.05) is 0 Å². The van der Waals surface area contributed by atoms with Gasteiger partial charge in [0, 0.05) is 0 Å². The first-order chi connectivity index (χ1) is 6.60. The van der Waals surface area contributed by atoms with Crippen LogP contribution in [0, 0.1) is 0 Å². The van der Waals surface area contributed by atoms with Crippen molar-refractivity contribution in [1.29, 1.82) is 0 Å². The van der Waals surface area contributed by atoms with Crippen LogP contribution < -0.4 is 0 Å². The molecule has 0 aliphatic rings. The fourth-order valence-electron chi connectivity index (χ4n) is 0.804. The van der Waals surface area contributed by atoms with Crippen molar-refractivity contribution in [3.8, 4) is 0 Å². The number of halogens is 1. The molecule has 0 aliphatic carbocycles. The molecular formula is C6H3BrN2O2S3. The highest BCUT2D eigenvalue weighted by Crippen LogP contribution is 2.26. The number of hydrogen-bond donors (Lipinski definition) is 0. The molecule has 2 aromatic rings. The monoisotopic (exact) mass is 310 g/mol. The molecule has 74 valence electrons. The highest BCUT2D eigenvalue weighted by Gasteiger charge is 2.23. The van der Waals surface area contributed by atoms with Crippen LogP contribution in [-0.4, -0.2) is 17.8 Å². The van der Waals surface area contributed by atoms with Crippen LogP contribution in [0.25, 0.3) is 0 Å². The van der Waals surface area contributed by atoms with Gasteiger partial charge in [0.15, 0.2) is 0 Å². The van der Waals surface area contributed by atoms with Crippen molar-refractivity contribution in [3.63, 3.8) is 0 Å². The van der Waals surface area contributed by atoms with Crippen molar-refractivity contribution in [2.24, 2.45) is 0 Å². The highest BCUT2D eigenvalue weighted by molar-refractivity contribution is 9.10. The summed E-state index contributed by atoms with van der Waals surface area (Å²) in [5.41, 5.74) is 0. The molecule has 2 rings (SSSR count). The second-order valence-corrected chi connectivity index (χ2v) is 7.02. The molecule has 0 radical (unpaired) electrons. The molecule has 0 saturated carbocycles. The molecule has 0 saturated heterocycles. The molecule has 0 aromatic carbocycles. The Kier molecular flexibility index (Phi) is 2.69. The summed E-state index contributed by atoms with van der Waals surface area (Å²) in [6.07, 6.45) is 0. The molecule has 8 heteroatoms. The van der Waals surface area contributed by atoms with Crippen LogP contribution in [0.5, 0.6) is 0 Å². The topological polar surface area (TPSA) is 59.9 Å². The lowest BCUT2D eigenvalue weighted by molar-refractivity contribution is 0.597. The van der Waals surface area contributed by atoms with Gasteiger partial charge in [-0.15, -0.1) is 11.3 Å². The second-order valence-electron chi connectivity index (χ2n) is 2.26. The van der Waals surface area contributed by atoms with E-state index in [0.717, 1.165) is 11.5 Å². The average molecular weight is 311 g/mol. The third kappa shape index (κ3) is 1.74. The minimum atomic E-state index is -3.44. The predicted octanol–water partition coefficient (Wildman–Crippen LogP) is 2.19. The summed E-state index contributed by atoms with van der Waals surface area (Å²) < 4.78 is 28.0. The number of thiophene rings is 1. The summed E-state index contributed by atoms with van der Waals surface area (Å²) in [5.74, 6) is 0. The molecule has 0 aliphatic heterocycles. The van der Waals surface area contributed by atoms with Gasteiger partial charge in [-0.2, -0.15) is 9.36 Å². The quantitative estimate of drug-likeness (QED) is 0.853. The summed E-state index contributed by atoms with van der Waals surface area (Å²) in [4.78, 5) is 3.78. The van der Waals surface area contributed by atoms with Gasteiger partial charge in [-0.05, 0) is 38.9 Å². The summed E-state index contributed by atoms with van der Waals surface area (Å²) >= 11 is 5.05. The molecule has 0 bridgehead atoms. The van der Waals surface area contributed by atoms with E-state index in [-0.39, 0.29) is 4.34 Å². The summed E-state index contributed by atoms with van der Waals surface area (Å²) in [5, 5.41) is 1.71. The third-order valence-corrected chi connectivity index (χ3v) is 6.18. The van der Waals surface area contributed by atoms with E-state index >= 15 is 0 Å². The van der Waals surface area contributed by atoms with Crippen molar-refractivity contribution in [2.75, 3.05) is 0 Å². The maximum atomic E-state index is 11.8. The Hall–Kier alpha value is -0.310. The predicted molar refractivity (Wildman–Crippen MR) is 57.4 cm³/mol. The van der Waals surface area contributed by atoms with E-state index in [1.54, 1.807) is 17.5 Å². The molecule has 0 amide bonds. The van der Waals surface area contributed by atoms with Crippen LogP contribution in [0.2, 0.25) is 0 Å². The van der Waals surface area contributed by atoms with Crippen molar-refractivity contribution < 1.29 is 8.42 Å². The number of hydrogen-bond acceptors (Lipinski definition) is 6. The van der Waals surface area contributed by atoms with Crippen molar-refractivity contribution in [1.82, 2.24) is 9.36 Å². The lowest BCUT2D eigenvalue weighted by Gasteiger charge is -1.93. The zero-order valence-electron chi connectivity index (χ0n) is 6.55. The van der Waals surface area contributed by atoms with E-state index in [0.29, 0.717) is 8.94 Å². The second kappa shape index (κ2) is 3.69. The first kappa shape index (κ1) is 10.2. The van der Waals surface area contributed by atoms with Crippen LogP contribution in [0.3, 0.4) is 0 Å². The van der Waals surface area contributed by atoms with Crippen LogP contribution in [0.4, 0.5) is 0 Å². The van der Waals surface area contributed by atoms with E-state index in [2.05, 4.69) is 25.3 Å². The van der Waals surface area contributed by atoms with Gasteiger partial charge in [-0.1, -0.05) is 6.07 Å². The first-order valence-corrected chi connectivity index (χ1v) is 7.31. The molecule has 2 aromatic heterocycles. The Labute approximate surface area is 96.8 Å². The Morgan fingerprint density at radius 2 is 2.21 bits per heavy atom. The number of sulfone groups is 1. The van der Waals surface area contributed by atoms with Gasteiger partial charge in [-0.25, -0.2) is 8.42 Å². The largest absolute Gasteiger partial charge is 0.244 e. The molecule has 14 heavy (non-hydrogen) atoms. The summed E-state index contributed by atoms with van der Waals surface area (Å²) in [7, 11) is -3.44. The maximum absolute atomic E-state index is 11.8. The van der Waals surface area contributed by atoms with Gasteiger partial charge in [0.1, 0.15) is 4.21 Å². The van der Waals surface area contributed by atoms with E-state index in [1.165, 1.54) is 11.3 Å². The van der Waals surface area contributed by atoms with Gasteiger partial charge in [0.2, 0.25) is 18.9 Å². The number of aromatic nitrogens is 2. The molecule has 0 spiro atoms. The van der Waals surface area contributed by atoms with Crippen LogP contribution >= 0.6 is 38.8 Å². The van der Waals surface area contributed by atoms with Gasteiger partial charge in [-0.3, -0.25) is 0 Å². The smallest absolute Gasteiger partial charge is 0.215 e.